The molecule has 0 bridgehead atoms. The predicted octanol–water partition coefficient (Wildman–Crippen LogP) is 4.42. The van der Waals surface area contributed by atoms with Crippen molar-refractivity contribution in [2.75, 3.05) is 5.32 Å². The Labute approximate surface area is 128 Å². The van der Waals surface area contributed by atoms with E-state index >= 15 is 0 Å². The highest BCUT2D eigenvalue weighted by molar-refractivity contribution is 9.10. The van der Waals surface area contributed by atoms with E-state index in [4.69, 9.17) is 22.0 Å². The maximum absolute atomic E-state index is 10.9. The molecule has 2 aromatic carbocycles. The van der Waals surface area contributed by atoms with Crippen LogP contribution in [-0.2, 0) is 0 Å². The summed E-state index contributed by atoms with van der Waals surface area (Å²) in [7, 11) is 0. The number of halogens is 2. The fourth-order valence-electron chi connectivity index (χ4n) is 1.61. The van der Waals surface area contributed by atoms with E-state index in [-0.39, 0.29) is 10.6 Å². The maximum Gasteiger partial charge on any atom is 0.337 e. The lowest BCUT2D eigenvalue weighted by atomic mass is 10.2. The van der Waals surface area contributed by atoms with Crippen molar-refractivity contribution in [1.82, 2.24) is 0 Å². The third kappa shape index (κ3) is 3.10. The Bertz CT molecular complexity index is 726. The summed E-state index contributed by atoms with van der Waals surface area (Å²) >= 11 is 9.26. The number of anilines is 2. The molecule has 20 heavy (non-hydrogen) atoms. The van der Waals surface area contributed by atoms with Gasteiger partial charge in [-0.25, -0.2) is 4.79 Å². The smallest absolute Gasteiger partial charge is 0.337 e. The summed E-state index contributed by atoms with van der Waals surface area (Å²) in [5.74, 6) is -1.07. The van der Waals surface area contributed by atoms with Gasteiger partial charge in [-0.15, -0.1) is 0 Å². The number of hydrogen-bond donors (Lipinski definition) is 2. The Morgan fingerprint density at radius 2 is 2.05 bits per heavy atom. The fraction of sp³-hybridized carbons (Fsp3) is 0. The summed E-state index contributed by atoms with van der Waals surface area (Å²) in [4.78, 5) is 10.9. The van der Waals surface area contributed by atoms with Crippen molar-refractivity contribution in [3.8, 4) is 6.07 Å². The monoisotopic (exact) mass is 350 g/mol. The Balaban J connectivity index is 2.29. The minimum atomic E-state index is -1.07. The Hall–Kier alpha value is -2.03. The molecule has 0 atom stereocenters. The molecule has 0 spiro atoms. The molecule has 0 saturated carbocycles. The molecule has 2 aromatic rings. The molecule has 2 N–H and O–H groups in total. The second-order valence-corrected chi connectivity index (χ2v) is 5.19. The Morgan fingerprint density at radius 3 is 2.60 bits per heavy atom. The number of hydrogen-bond acceptors (Lipinski definition) is 3. The minimum absolute atomic E-state index is 0.0520. The molecule has 0 amide bonds. The molecule has 0 aliphatic carbocycles. The summed E-state index contributed by atoms with van der Waals surface area (Å²) in [5.41, 5.74) is 2.01. The van der Waals surface area contributed by atoms with Crippen LogP contribution in [0.15, 0.2) is 40.9 Å². The number of carboxylic acids is 1. The molecule has 2 rings (SSSR count). The van der Waals surface area contributed by atoms with Crippen LogP contribution in [0.3, 0.4) is 0 Å². The summed E-state index contributed by atoms with van der Waals surface area (Å²) in [6.45, 7) is 0. The normalized spacial score (nSPS) is 9.85. The first-order valence-electron chi connectivity index (χ1n) is 5.51. The van der Waals surface area contributed by atoms with Crippen LogP contribution in [-0.4, -0.2) is 11.1 Å². The molecule has 100 valence electrons. The van der Waals surface area contributed by atoms with Crippen molar-refractivity contribution >= 4 is 44.9 Å². The molecule has 0 unspecified atom stereocenters. The number of carboxylic acid groups (broad SMARTS) is 1. The molecular weight excluding hydrogens is 344 g/mol. The van der Waals surface area contributed by atoms with Crippen molar-refractivity contribution in [3.05, 3.63) is 57.0 Å². The van der Waals surface area contributed by atoms with Gasteiger partial charge in [0, 0.05) is 10.2 Å². The number of carbonyl (C=O) groups is 1. The van der Waals surface area contributed by atoms with Gasteiger partial charge in [-0.3, -0.25) is 0 Å². The molecule has 0 heterocycles. The first-order valence-corrected chi connectivity index (χ1v) is 6.68. The SMILES string of the molecule is N#Cc1ccc(Nc2ccc(C(=O)O)c(Cl)c2)c(Br)c1. The first-order chi connectivity index (χ1) is 9.51. The van der Waals surface area contributed by atoms with Crippen LogP contribution in [0.25, 0.3) is 0 Å². The lowest BCUT2D eigenvalue weighted by Crippen LogP contribution is -1.98. The van der Waals surface area contributed by atoms with Crippen LogP contribution in [0.2, 0.25) is 5.02 Å². The highest BCUT2D eigenvalue weighted by Crippen LogP contribution is 2.29. The predicted molar refractivity (Wildman–Crippen MR) is 80.6 cm³/mol. The van der Waals surface area contributed by atoms with Crippen LogP contribution >= 0.6 is 27.5 Å². The summed E-state index contributed by atoms with van der Waals surface area (Å²) in [6, 6.07) is 11.8. The van der Waals surface area contributed by atoms with E-state index in [1.54, 1.807) is 24.3 Å². The van der Waals surface area contributed by atoms with Gasteiger partial charge in [0.2, 0.25) is 0 Å². The second-order valence-electron chi connectivity index (χ2n) is 3.93. The number of nitrogens with one attached hydrogen (secondary N) is 1. The maximum atomic E-state index is 10.9. The van der Waals surface area contributed by atoms with Gasteiger partial charge < -0.3 is 10.4 Å². The van der Waals surface area contributed by atoms with Crippen molar-refractivity contribution < 1.29 is 9.90 Å². The zero-order chi connectivity index (χ0) is 14.7. The molecular formula is C14H8BrClN2O2. The van der Waals surface area contributed by atoms with Crippen molar-refractivity contribution in [2.24, 2.45) is 0 Å². The van der Waals surface area contributed by atoms with Gasteiger partial charge in [0.1, 0.15) is 0 Å². The molecule has 4 nitrogen and oxygen atoms in total. The average Bonchev–Trinajstić information content (AvgIpc) is 2.40. The summed E-state index contributed by atoms with van der Waals surface area (Å²) in [5, 5.41) is 21.0. The van der Waals surface area contributed by atoms with Gasteiger partial charge in [0.25, 0.3) is 0 Å². The van der Waals surface area contributed by atoms with Gasteiger partial charge in [-0.1, -0.05) is 11.6 Å². The van der Waals surface area contributed by atoms with E-state index < -0.39 is 5.97 Å². The number of rotatable bonds is 3. The second kappa shape index (κ2) is 5.95. The van der Waals surface area contributed by atoms with E-state index in [0.717, 1.165) is 10.2 Å². The van der Waals surface area contributed by atoms with Crippen molar-refractivity contribution in [2.45, 2.75) is 0 Å². The molecule has 0 saturated heterocycles. The molecule has 6 heteroatoms. The summed E-state index contributed by atoms with van der Waals surface area (Å²) < 4.78 is 0.731. The lowest BCUT2D eigenvalue weighted by molar-refractivity contribution is 0.0697. The number of benzene rings is 2. The third-order valence-corrected chi connectivity index (χ3v) is 3.55. The number of nitrogens with zero attached hydrogens (tertiary/aromatic N) is 1. The minimum Gasteiger partial charge on any atom is -0.478 e. The van der Waals surface area contributed by atoms with Crippen molar-refractivity contribution in [1.29, 1.82) is 5.26 Å². The van der Waals surface area contributed by atoms with E-state index in [9.17, 15) is 4.79 Å². The summed E-state index contributed by atoms with van der Waals surface area (Å²) in [6.07, 6.45) is 0. The standard InChI is InChI=1S/C14H8BrClN2O2/c15-11-5-8(7-17)1-4-13(11)18-9-2-3-10(14(19)20)12(16)6-9/h1-6,18H,(H,19,20). The zero-order valence-electron chi connectivity index (χ0n) is 10.0. The molecule has 0 aromatic heterocycles. The third-order valence-electron chi connectivity index (χ3n) is 2.58. The molecule has 0 radical (unpaired) electrons. The fourth-order valence-corrected chi connectivity index (χ4v) is 2.35. The van der Waals surface area contributed by atoms with Gasteiger partial charge in [0.05, 0.1) is 27.9 Å². The van der Waals surface area contributed by atoms with Crippen LogP contribution in [0.1, 0.15) is 15.9 Å². The van der Waals surface area contributed by atoms with Crippen LogP contribution in [0.5, 0.6) is 0 Å². The molecule has 0 fully saturated rings. The van der Waals surface area contributed by atoms with Gasteiger partial charge in [-0.05, 0) is 52.3 Å². The quantitative estimate of drug-likeness (QED) is 0.858. The van der Waals surface area contributed by atoms with E-state index in [1.165, 1.54) is 12.1 Å². The molecule has 0 aliphatic rings. The Kier molecular flexibility index (Phi) is 4.28. The zero-order valence-corrected chi connectivity index (χ0v) is 12.4. The lowest BCUT2D eigenvalue weighted by Gasteiger charge is -2.10. The van der Waals surface area contributed by atoms with Gasteiger partial charge in [0.15, 0.2) is 0 Å². The average molecular weight is 352 g/mol. The van der Waals surface area contributed by atoms with Crippen molar-refractivity contribution in [3.63, 3.8) is 0 Å². The number of nitriles is 1. The topological polar surface area (TPSA) is 73.1 Å². The highest BCUT2D eigenvalue weighted by Gasteiger charge is 2.09. The van der Waals surface area contributed by atoms with E-state index in [0.29, 0.717) is 11.3 Å². The first kappa shape index (κ1) is 14.4. The van der Waals surface area contributed by atoms with E-state index in [1.807, 2.05) is 6.07 Å². The largest absolute Gasteiger partial charge is 0.478 e. The number of aromatic carboxylic acids is 1. The molecule has 0 aliphatic heterocycles. The van der Waals surface area contributed by atoms with Crippen LogP contribution in [0.4, 0.5) is 11.4 Å². The Morgan fingerprint density at radius 1 is 1.30 bits per heavy atom. The van der Waals surface area contributed by atoms with Gasteiger partial charge in [-0.2, -0.15) is 5.26 Å². The highest BCUT2D eigenvalue weighted by atomic mass is 79.9. The van der Waals surface area contributed by atoms with Gasteiger partial charge >= 0.3 is 5.97 Å². The van der Waals surface area contributed by atoms with Crippen LogP contribution < -0.4 is 5.32 Å². The van der Waals surface area contributed by atoms with E-state index in [2.05, 4.69) is 21.2 Å². The van der Waals surface area contributed by atoms with Crippen LogP contribution in [0, 0.1) is 11.3 Å².